The Bertz CT molecular complexity index is 540. The lowest BCUT2D eigenvalue weighted by molar-refractivity contribution is -0.126. The fourth-order valence-corrected chi connectivity index (χ4v) is 1.67. The Morgan fingerprint density at radius 3 is 2.82 bits per heavy atom. The summed E-state index contributed by atoms with van der Waals surface area (Å²) >= 11 is 0. The number of benzene rings is 1. The molecule has 1 aromatic heterocycles. The largest absolute Gasteiger partial charge is 0.383 e. The summed E-state index contributed by atoms with van der Waals surface area (Å²) in [5.41, 5.74) is 6.75. The Balaban J connectivity index is 2.12. The van der Waals surface area contributed by atoms with Gasteiger partial charge in [-0.05, 0) is 25.0 Å². The van der Waals surface area contributed by atoms with E-state index in [-0.39, 0.29) is 0 Å². The van der Waals surface area contributed by atoms with Gasteiger partial charge in [-0.15, -0.1) is 0 Å². The van der Waals surface area contributed by atoms with Crippen LogP contribution in [0.2, 0.25) is 0 Å². The quantitative estimate of drug-likeness (QED) is 0.823. The molecular formula is C13H14N2O2. The van der Waals surface area contributed by atoms with Gasteiger partial charge >= 0.3 is 0 Å². The van der Waals surface area contributed by atoms with Crippen LogP contribution in [0.25, 0.3) is 10.9 Å². The molecular weight excluding hydrogens is 216 g/mol. The van der Waals surface area contributed by atoms with E-state index in [1.165, 1.54) is 0 Å². The average Bonchev–Trinajstić information content (AvgIpc) is 2.35. The molecule has 0 aliphatic rings. The summed E-state index contributed by atoms with van der Waals surface area (Å²) in [6.45, 7) is 0. The summed E-state index contributed by atoms with van der Waals surface area (Å²) in [5, 5.41) is 10.4. The number of primary amides is 1. The number of aliphatic hydroxyl groups is 1. The number of aliphatic hydroxyl groups excluding tert-OH is 1. The highest BCUT2D eigenvalue weighted by atomic mass is 16.3. The van der Waals surface area contributed by atoms with Crippen molar-refractivity contribution in [1.82, 2.24) is 4.98 Å². The van der Waals surface area contributed by atoms with Gasteiger partial charge in [0.05, 0.1) is 5.52 Å². The van der Waals surface area contributed by atoms with Gasteiger partial charge in [-0.3, -0.25) is 9.78 Å². The molecule has 0 aliphatic carbocycles. The van der Waals surface area contributed by atoms with Gasteiger partial charge in [0.15, 0.2) is 0 Å². The van der Waals surface area contributed by atoms with Crippen molar-refractivity contribution in [3.05, 3.63) is 42.1 Å². The van der Waals surface area contributed by atoms with Crippen LogP contribution in [-0.4, -0.2) is 22.1 Å². The second kappa shape index (κ2) is 4.93. The fourth-order valence-electron chi connectivity index (χ4n) is 1.67. The molecule has 88 valence electrons. The molecule has 0 saturated carbocycles. The van der Waals surface area contributed by atoms with Gasteiger partial charge in [0, 0.05) is 11.1 Å². The molecule has 4 nitrogen and oxygen atoms in total. The lowest BCUT2D eigenvalue weighted by Crippen LogP contribution is -2.28. The molecule has 17 heavy (non-hydrogen) atoms. The normalized spacial score (nSPS) is 12.5. The average molecular weight is 230 g/mol. The Morgan fingerprint density at radius 2 is 2.06 bits per heavy atom. The van der Waals surface area contributed by atoms with E-state index in [0.29, 0.717) is 12.8 Å². The number of nitrogens with zero attached hydrogens (tertiary/aromatic N) is 1. The summed E-state index contributed by atoms with van der Waals surface area (Å²) in [7, 11) is 0. The van der Waals surface area contributed by atoms with E-state index in [4.69, 9.17) is 5.73 Å². The van der Waals surface area contributed by atoms with Gasteiger partial charge in [-0.1, -0.05) is 24.3 Å². The maximum absolute atomic E-state index is 10.7. The predicted molar refractivity (Wildman–Crippen MR) is 65.3 cm³/mol. The molecule has 2 aromatic rings. The highest BCUT2D eigenvalue weighted by molar-refractivity contribution is 5.79. The van der Waals surface area contributed by atoms with Crippen LogP contribution < -0.4 is 5.73 Å². The number of aromatic nitrogens is 1. The van der Waals surface area contributed by atoms with Gasteiger partial charge in [0.25, 0.3) is 0 Å². The number of carbonyl (C=O) groups is 1. The monoisotopic (exact) mass is 230 g/mol. The number of hydrogen-bond acceptors (Lipinski definition) is 3. The number of nitrogens with two attached hydrogens (primary N) is 1. The molecule has 4 heteroatoms. The Morgan fingerprint density at radius 1 is 1.29 bits per heavy atom. The predicted octanol–water partition coefficient (Wildman–Crippen LogP) is 1.01. The van der Waals surface area contributed by atoms with Crippen molar-refractivity contribution < 1.29 is 9.90 Å². The van der Waals surface area contributed by atoms with Crippen molar-refractivity contribution in [1.29, 1.82) is 0 Å². The second-order valence-corrected chi connectivity index (χ2v) is 3.95. The van der Waals surface area contributed by atoms with Gasteiger partial charge in [0.2, 0.25) is 5.91 Å². The zero-order valence-electron chi connectivity index (χ0n) is 9.34. The van der Waals surface area contributed by atoms with Crippen LogP contribution in [-0.2, 0) is 11.2 Å². The maximum atomic E-state index is 10.7. The van der Waals surface area contributed by atoms with E-state index in [2.05, 4.69) is 4.98 Å². The first-order valence-electron chi connectivity index (χ1n) is 5.49. The Labute approximate surface area is 99.1 Å². The lowest BCUT2D eigenvalue weighted by atomic mass is 10.1. The standard InChI is InChI=1S/C13H14N2O2/c14-13(17)12(16)8-7-10-6-5-9-3-1-2-4-11(9)15-10/h1-6,12,16H,7-8H2,(H2,14,17). The summed E-state index contributed by atoms with van der Waals surface area (Å²) in [5.74, 6) is -0.689. The van der Waals surface area contributed by atoms with Crippen LogP contribution in [0.1, 0.15) is 12.1 Å². The minimum atomic E-state index is -1.09. The number of carbonyl (C=O) groups excluding carboxylic acids is 1. The third-order valence-electron chi connectivity index (χ3n) is 2.66. The van der Waals surface area contributed by atoms with E-state index >= 15 is 0 Å². The van der Waals surface area contributed by atoms with Crippen molar-refractivity contribution in [3.63, 3.8) is 0 Å². The van der Waals surface area contributed by atoms with E-state index in [1.807, 2.05) is 36.4 Å². The SMILES string of the molecule is NC(=O)C(O)CCc1ccc2ccccc2n1. The summed E-state index contributed by atoms with van der Waals surface area (Å²) in [6, 6.07) is 11.7. The third-order valence-corrected chi connectivity index (χ3v) is 2.66. The van der Waals surface area contributed by atoms with Crippen molar-refractivity contribution in [3.8, 4) is 0 Å². The van der Waals surface area contributed by atoms with Crippen molar-refractivity contribution in [2.45, 2.75) is 18.9 Å². The summed E-state index contributed by atoms with van der Waals surface area (Å²) in [4.78, 5) is 15.1. The van der Waals surface area contributed by atoms with Crippen LogP contribution in [0.3, 0.4) is 0 Å². The number of pyridine rings is 1. The van der Waals surface area contributed by atoms with Crippen LogP contribution in [0.15, 0.2) is 36.4 Å². The molecule has 1 atom stereocenters. The molecule has 0 spiro atoms. The molecule has 1 heterocycles. The summed E-state index contributed by atoms with van der Waals surface area (Å²) < 4.78 is 0. The minimum absolute atomic E-state index is 0.306. The molecule has 3 N–H and O–H groups in total. The molecule has 1 amide bonds. The third kappa shape index (κ3) is 2.79. The number of aryl methyl sites for hydroxylation is 1. The first-order valence-corrected chi connectivity index (χ1v) is 5.49. The molecule has 1 unspecified atom stereocenters. The minimum Gasteiger partial charge on any atom is -0.383 e. The highest BCUT2D eigenvalue weighted by Gasteiger charge is 2.10. The van der Waals surface area contributed by atoms with Gasteiger partial charge in [-0.2, -0.15) is 0 Å². The smallest absolute Gasteiger partial charge is 0.246 e. The molecule has 2 rings (SSSR count). The number of hydrogen-bond donors (Lipinski definition) is 2. The van der Waals surface area contributed by atoms with E-state index in [9.17, 15) is 9.90 Å². The zero-order valence-corrected chi connectivity index (χ0v) is 9.34. The van der Waals surface area contributed by atoms with E-state index in [1.54, 1.807) is 0 Å². The Kier molecular flexibility index (Phi) is 3.35. The zero-order chi connectivity index (χ0) is 12.3. The maximum Gasteiger partial charge on any atom is 0.246 e. The molecule has 0 radical (unpaired) electrons. The van der Waals surface area contributed by atoms with Crippen LogP contribution in [0.4, 0.5) is 0 Å². The van der Waals surface area contributed by atoms with Crippen molar-refractivity contribution in [2.75, 3.05) is 0 Å². The second-order valence-electron chi connectivity index (χ2n) is 3.95. The van der Waals surface area contributed by atoms with Gasteiger partial charge in [0.1, 0.15) is 6.10 Å². The van der Waals surface area contributed by atoms with Gasteiger partial charge < -0.3 is 10.8 Å². The van der Waals surface area contributed by atoms with E-state index < -0.39 is 12.0 Å². The molecule has 0 bridgehead atoms. The van der Waals surface area contributed by atoms with Crippen LogP contribution >= 0.6 is 0 Å². The lowest BCUT2D eigenvalue weighted by Gasteiger charge is -2.06. The molecule has 0 aliphatic heterocycles. The first-order chi connectivity index (χ1) is 8.16. The number of fused-ring (bicyclic) bond motifs is 1. The van der Waals surface area contributed by atoms with Crippen LogP contribution in [0, 0.1) is 0 Å². The summed E-state index contributed by atoms with van der Waals surface area (Å²) in [6.07, 6.45) is -0.251. The number of para-hydroxylation sites is 1. The Hall–Kier alpha value is -1.94. The molecule has 1 aromatic carbocycles. The van der Waals surface area contributed by atoms with Crippen molar-refractivity contribution in [2.24, 2.45) is 5.73 Å². The van der Waals surface area contributed by atoms with Gasteiger partial charge in [-0.25, -0.2) is 0 Å². The fraction of sp³-hybridized carbons (Fsp3) is 0.231. The van der Waals surface area contributed by atoms with Crippen molar-refractivity contribution >= 4 is 16.8 Å². The number of amides is 1. The first kappa shape index (κ1) is 11.5. The topological polar surface area (TPSA) is 76.2 Å². The molecule has 0 saturated heterocycles. The van der Waals surface area contributed by atoms with Crippen LogP contribution in [0.5, 0.6) is 0 Å². The highest BCUT2D eigenvalue weighted by Crippen LogP contribution is 2.13. The van der Waals surface area contributed by atoms with E-state index in [0.717, 1.165) is 16.6 Å². The molecule has 0 fully saturated rings. The number of rotatable bonds is 4.